The number of ether oxygens (including phenoxy) is 1. The lowest BCUT2D eigenvalue weighted by Gasteiger charge is -2.36. The van der Waals surface area contributed by atoms with Gasteiger partial charge in [-0.25, -0.2) is 4.79 Å². The van der Waals surface area contributed by atoms with Gasteiger partial charge >= 0.3 is 5.97 Å². The molecule has 0 amide bonds. The first kappa shape index (κ1) is 18.9. The van der Waals surface area contributed by atoms with Gasteiger partial charge in [0.25, 0.3) is 0 Å². The number of aromatic carboxylic acids is 1. The highest BCUT2D eigenvalue weighted by Gasteiger charge is 2.37. The number of hydrogen-bond acceptors (Lipinski definition) is 4. The van der Waals surface area contributed by atoms with Crippen LogP contribution in [0.1, 0.15) is 47.2 Å². The van der Waals surface area contributed by atoms with Gasteiger partial charge in [0.1, 0.15) is 5.75 Å². The molecule has 0 saturated heterocycles. The lowest BCUT2D eigenvalue weighted by Crippen LogP contribution is -2.39. The number of benzene rings is 2. The summed E-state index contributed by atoms with van der Waals surface area (Å²) >= 11 is 0. The van der Waals surface area contributed by atoms with Crippen molar-refractivity contribution < 1.29 is 14.6 Å². The molecule has 3 rings (SSSR count). The van der Waals surface area contributed by atoms with Crippen molar-refractivity contribution in [1.29, 1.82) is 5.26 Å². The Hall–Kier alpha value is -2.84. The maximum Gasteiger partial charge on any atom is 0.335 e. The van der Waals surface area contributed by atoms with E-state index in [0.29, 0.717) is 18.2 Å². The molecule has 27 heavy (non-hydrogen) atoms. The van der Waals surface area contributed by atoms with Crippen LogP contribution in [0.5, 0.6) is 5.75 Å². The summed E-state index contributed by atoms with van der Waals surface area (Å²) in [7, 11) is 1.64. The Kier molecular flexibility index (Phi) is 5.78. The van der Waals surface area contributed by atoms with Crippen molar-refractivity contribution in [2.45, 2.75) is 43.7 Å². The largest absolute Gasteiger partial charge is 0.497 e. The fourth-order valence-electron chi connectivity index (χ4n) is 3.73. The van der Waals surface area contributed by atoms with Gasteiger partial charge in [-0.15, -0.1) is 0 Å². The van der Waals surface area contributed by atoms with Gasteiger partial charge in [0, 0.05) is 12.6 Å². The molecule has 0 spiro atoms. The van der Waals surface area contributed by atoms with Crippen LogP contribution in [0.25, 0.3) is 0 Å². The maximum atomic E-state index is 10.9. The van der Waals surface area contributed by atoms with Gasteiger partial charge in [0.2, 0.25) is 0 Å². The number of carboxylic acid groups (broad SMARTS) is 1. The summed E-state index contributed by atoms with van der Waals surface area (Å²) in [6.07, 6.45) is 3.48. The van der Waals surface area contributed by atoms with Crippen LogP contribution < -0.4 is 10.1 Å². The second-order valence-electron chi connectivity index (χ2n) is 7.08. The molecule has 5 nitrogen and oxygen atoms in total. The zero-order valence-corrected chi connectivity index (χ0v) is 15.4. The molecule has 1 aliphatic rings. The second-order valence-corrected chi connectivity index (χ2v) is 7.08. The number of nitrogens with zero attached hydrogens (tertiary/aromatic N) is 1. The second kappa shape index (κ2) is 8.24. The molecule has 0 bridgehead atoms. The van der Waals surface area contributed by atoms with E-state index in [0.717, 1.165) is 42.6 Å². The SMILES string of the molecule is COc1cccc([C@]2(C#N)CC[C@@H](NCc3ccc(C(=O)O)cc3)CC2)c1. The number of hydrogen-bond donors (Lipinski definition) is 2. The molecule has 140 valence electrons. The zero-order chi connectivity index (χ0) is 19.3. The van der Waals surface area contributed by atoms with Crippen LogP contribution in [0, 0.1) is 11.3 Å². The van der Waals surface area contributed by atoms with Gasteiger partial charge < -0.3 is 15.2 Å². The minimum atomic E-state index is -0.910. The Morgan fingerprint density at radius 2 is 1.96 bits per heavy atom. The summed E-state index contributed by atoms with van der Waals surface area (Å²) < 4.78 is 5.31. The van der Waals surface area contributed by atoms with Crippen LogP contribution in [0.15, 0.2) is 48.5 Å². The number of nitrogens with one attached hydrogen (secondary N) is 1. The number of rotatable bonds is 6. The first-order valence-electron chi connectivity index (χ1n) is 9.18. The normalized spacial score (nSPS) is 22.0. The highest BCUT2D eigenvalue weighted by molar-refractivity contribution is 5.87. The molecule has 0 heterocycles. The van der Waals surface area contributed by atoms with Crippen LogP contribution in [-0.4, -0.2) is 24.2 Å². The van der Waals surface area contributed by atoms with Crippen molar-refractivity contribution in [3.8, 4) is 11.8 Å². The molecule has 0 aromatic heterocycles. The van der Waals surface area contributed by atoms with Gasteiger partial charge in [-0.1, -0.05) is 24.3 Å². The number of carbonyl (C=O) groups is 1. The van der Waals surface area contributed by atoms with E-state index in [1.165, 1.54) is 0 Å². The molecule has 1 fully saturated rings. The van der Waals surface area contributed by atoms with Crippen molar-refractivity contribution in [3.63, 3.8) is 0 Å². The van der Waals surface area contributed by atoms with E-state index in [1.54, 1.807) is 19.2 Å². The quantitative estimate of drug-likeness (QED) is 0.813. The first-order valence-corrected chi connectivity index (χ1v) is 9.18. The van der Waals surface area contributed by atoms with Gasteiger partial charge in [0.15, 0.2) is 0 Å². The van der Waals surface area contributed by atoms with Crippen LogP contribution in [0.3, 0.4) is 0 Å². The zero-order valence-electron chi connectivity index (χ0n) is 15.4. The fraction of sp³-hybridized carbons (Fsp3) is 0.364. The smallest absolute Gasteiger partial charge is 0.335 e. The van der Waals surface area contributed by atoms with E-state index in [-0.39, 0.29) is 0 Å². The molecule has 2 aromatic rings. The highest BCUT2D eigenvalue weighted by atomic mass is 16.5. The number of methoxy groups -OCH3 is 1. The first-order chi connectivity index (χ1) is 13.1. The molecule has 1 saturated carbocycles. The maximum absolute atomic E-state index is 10.9. The predicted octanol–water partition coefficient (Wildman–Crippen LogP) is 3.89. The molecular formula is C22H24N2O3. The molecular weight excluding hydrogens is 340 g/mol. The van der Waals surface area contributed by atoms with Gasteiger partial charge in [0.05, 0.1) is 24.2 Å². The number of carboxylic acids is 1. The molecule has 0 unspecified atom stereocenters. The average molecular weight is 364 g/mol. The van der Waals surface area contributed by atoms with E-state index in [4.69, 9.17) is 9.84 Å². The Morgan fingerprint density at radius 3 is 2.56 bits per heavy atom. The van der Waals surface area contributed by atoms with E-state index < -0.39 is 11.4 Å². The minimum absolute atomic E-state index is 0.300. The number of nitriles is 1. The molecule has 0 aliphatic heterocycles. The summed E-state index contributed by atoms with van der Waals surface area (Å²) in [5.41, 5.74) is 1.95. The van der Waals surface area contributed by atoms with Crippen LogP contribution in [-0.2, 0) is 12.0 Å². The molecule has 1 aliphatic carbocycles. The Balaban J connectivity index is 1.59. The summed E-state index contributed by atoms with van der Waals surface area (Å²) in [5, 5.41) is 22.4. The van der Waals surface area contributed by atoms with E-state index in [2.05, 4.69) is 11.4 Å². The third kappa shape index (κ3) is 4.29. The lowest BCUT2D eigenvalue weighted by atomic mass is 9.69. The fourth-order valence-corrected chi connectivity index (χ4v) is 3.73. The Bertz CT molecular complexity index is 831. The van der Waals surface area contributed by atoms with Crippen molar-refractivity contribution in [1.82, 2.24) is 5.32 Å². The van der Waals surface area contributed by atoms with Crippen molar-refractivity contribution >= 4 is 5.97 Å². The Labute approximate surface area is 159 Å². The third-order valence-corrected chi connectivity index (χ3v) is 5.47. The summed E-state index contributed by atoms with van der Waals surface area (Å²) in [6, 6.07) is 17.7. The topological polar surface area (TPSA) is 82.3 Å². The molecule has 2 N–H and O–H groups in total. The molecule has 2 aromatic carbocycles. The van der Waals surface area contributed by atoms with Crippen LogP contribution in [0.4, 0.5) is 0 Å². The van der Waals surface area contributed by atoms with E-state index in [9.17, 15) is 10.1 Å². The summed E-state index contributed by atoms with van der Waals surface area (Å²) in [4.78, 5) is 10.9. The lowest BCUT2D eigenvalue weighted by molar-refractivity contribution is 0.0697. The standard InChI is InChI=1S/C22H24N2O3/c1-27-20-4-2-3-18(13-20)22(15-23)11-9-19(10-12-22)24-14-16-5-7-17(8-6-16)21(25)26/h2-8,13,19,24H,9-12,14H2,1H3,(H,25,26)/t19-,22-. The van der Waals surface area contributed by atoms with Crippen molar-refractivity contribution in [3.05, 3.63) is 65.2 Å². The average Bonchev–Trinajstić information content (AvgIpc) is 2.73. The van der Waals surface area contributed by atoms with Crippen molar-refractivity contribution in [2.24, 2.45) is 0 Å². The van der Waals surface area contributed by atoms with Crippen LogP contribution in [0.2, 0.25) is 0 Å². The molecule has 5 heteroatoms. The van der Waals surface area contributed by atoms with E-state index in [1.807, 2.05) is 36.4 Å². The van der Waals surface area contributed by atoms with Crippen LogP contribution >= 0.6 is 0 Å². The molecule has 0 atom stereocenters. The third-order valence-electron chi connectivity index (χ3n) is 5.47. The minimum Gasteiger partial charge on any atom is -0.497 e. The highest BCUT2D eigenvalue weighted by Crippen LogP contribution is 2.40. The Morgan fingerprint density at radius 1 is 1.26 bits per heavy atom. The monoisotopic (exact) mass is 364 g/mol. The van der Waals surface area contributed by atoms with Crippen molar-refractivity contribution in [2.75, 3.05) is 7.11 Å². The predicted molar refractivity (Wildman–Crippen MR) is 103 cm³/mol. The van der Waals surface area contributed by atoms with E-state index >= 15 is 0 Å². The van der Waals surface area contributed by atoms with Gasteiger partial charge in [-0.05, 0) is 61.1 Å². The van der Waals surface area contributed by atoms with Gasteiger partial charge in [-0.3, -0.25) is 0 Å². The summed E-state index contributed by atoms with van der Waals surface area (Å²) in [5.74, 6) is -0.126. The molecule has 0 radical (unpaired) electrons. The summed E-state index contributed by atoms with van der Waals surface area (Å²) in [6.45, 7) is 0.698. The van der Waals surface area contributed by atoms with Gasteiger partial charge in [-0.2, -0.15) is 5.26 Å².